The first-order valence-electron chi connectivity index (χ1n) is 6.52. The number of hydrogen-bond acceptors (Lipinski definition) is 3. The lowest BCUT2D eigenvalue weighted by Crippen LogP contribution is -2.68. The molecule has 2 aliphatic heterocycles. The highest BCUT2D eigenvalue weighted by atomic mass is 16.2. The maximum absolute atomic E-state index is 12.2. The fourth-order valence-electron chi connectivity index (χ4n) is 3.88. The summed E-state index contributed by atoms with van der Waals surface area (Å²) in [6, 6.07) is -0.308. The quantitative estimate of drug-likeness (QED) is 0.645. The van der Waals surface area contributed by atoms with Gasteiger partial charge >= 0.3 is 6.03 Å². The van der Waals surface area contributed by atoms with Gasteiger partial charge in [0.2, 0.25) is 0 Å². The number of rotatable bonds is 1. The highest BCUT2D eigenvalue weighted by Crippen LogP contribution is 2.44. The molecular weight excluding hydrogens is 218 g/mol. The van der Waals surface area contributed by atoms with Gasteiger partial charge in [-0.15, -0.1) is 0 Å². The van der Waals surface area contributed by atoms with Crippen LogP contribution in [0.15, 0.2) is 0 Å². The van der Waals surface area contributed by atoms with Crippen molar-refractivity contribution in [1.29, 1.82) is 0 Å². The van der Waals surface area contributed by atoms with Gasteiger partial charge in [0, 0.05) is 24.9 Å². The number of carbonyl (C=O) groups excluding carboxylic acids is 2. The molecule has 2 saturated heterocycles. The fourth-order valence-corrected chi connectivity index (χ4v) is 3.88. The predicted octanol–water partition coefficient (Wildman–Crippen LogP) is 0.316. The second kappa shape index (κ2) is 3.70. The van der Waals surface area contributed by atoms with Gasteiger partial charge in [-0.3, -0.25) is 10.1 Å². The SMILES string of the molecule is CCN1C[C@H]2CCC[C@H](C1)C21NC(=O)NC1=O. The van der Waals surface area contributed by atoms with Crippen LogP contribution >= 0.6 is 0 Å². The Morgan fingerprint density at radius 3 is 2.41 bits per heavy atom. The molecule has 94 valence electrons. The van der Waals surface area contributed by atoms with Crippen LogP contribution in [0.5, 0.6) is 0 Å². The van der Waals surface area contributed by atoms with Crippen molar-refractivity contribution in [2.75, 3.05) is 19.6 Å². The lowest BCUT2D eigenvalue weighted by atomic mass is 9.63. The lowest BCUT2D eigenvalue weighted by molar-refractivity contribution is -0.134. The normalized spacial score (nSPS) is 41.5. The number of piperidine rings is 1. The average molecular weight is 237 g/mol. The smallest absolute Gasteiger partial charge is 0.322 e. The van der Waals surface area contributed by atoms with E-state index in [0.717, 1.165) is 32.5 Å². The Hall–Kier alpha value is -1.10. The molecule has 3 amide bonds. The van der Waals surface area contributed by atoms with Crippen molar-refractivity contribution < 1.29 is 9.59 Å². The van der Waals surface area contributed by atoms with Crippen LogP contribution in [0.1, 0.15) is 26.2 Å². The molecular formula is C12H19N3O2. The standard InChI is InChI=1S/C12H19N3O2/c1-2-15-6-8-4-3-5-9(7-15)12(8)10(16)13-11(17)14-12/h8-9H,2-7H2,1H3,(H2,13,14,16,17)/t8-,9-/m1/s1. The number of carbonyl (C=O) groups is 2. The van der Waals surface area contributed by atoms with Crippen LogP contribution in [0.4, 0.5) is 4.79 Å². The van der Waals surface area contributed by atoms with Crippen LogP contribution in [-0.2, 0) is 4.79 Å². The van der Waals surface area contributed by atoms with Crippen molar-refractivity contribution in [3.63, 3.8) is 0 Å². The maximum Gasteiger partial charge on any atom is 0.322 e. The van der Waals surface area contributed by atoms with Gasteiger partial charge in [-0.05, 0) is 19.4 Å². The summed E-state index contributed by atoms with van der Waals surface area (Å²) in [5.41, 5.74) is -0.596. The second-order valence-corrected chi connectivity index (χ2v) is 5.45. The first kappa shape index (κ1) is 11.0. The molecule has 3 fully saturated rings. The number of likely N-dealkylation sites (tertiary alicyclic amines) is 1. The Balaban J connectivity index is 1.95. The third kappa shape index (κ3) is 1.41. The highest BCUT2D eigenvalue weighted by molar-refractivity contribution is 6.07. The molecule has 1 aliphatic carbocycles. The highest BCUT2D eigenvalue weighted by Gasteiger charge is 2.60. The minimum atomic E-state index is -0.596. The van der Waals surface area contributed by atoms with E-state index in [1.54, 1.807) is 0 Å². The number of imide groups is 1. The zero-order valence-corrected chi connectivity index (χ0v) is 10.2. The van der Waals surface area contributed by atoms with Crippen LogP contribution in [-0.4, -0.2) is 42.0 Å². The molecule has 0 aromatic carbocycles. The summed E-state index contributed by atoms with van der Waals surface area (Å²) in [5.74, 6) is 0.468. The Kier molecular flexibility index (Phi) is 2.40. The molecule has 0 unspecified atom stereocenters. The summed E-state index contributed by atoms with van der Waals surface area (Å²) in [7, 11) is 0. The van der Waals surface area contributed by atoms with Crippen molar-refractivity contribution in [3.05, 3.63) is 0 Å². The molecule has 2 atom stereocenters. The Bertz CT molecular complexity index is 355. The van der Waals surface area contributed by atoms with E-state index < -0.39 is 5.54 Å². The van der Waals surface area contributed by atoms with Crippen LogP contribution < -0.4 is 10.6 Å². The predicted molar refractivity (Wildman–Crippen MR) is 62.4 cm³/mol. The van der Waals surface area contributed by atoms with Crippen molar-refractivity contribution in [3.8, 4) is 0 Å². The van der Waals surface area contributed by atoms with Gasteiger partial charge in [0.25, 0.3) is 5.91 Å². The van der Waals surface area contributed by atoms with Crippen LogP contribution in [0.2, 0.25) is 0 Å². The van der Waals surface area contributed by atoms with Crippen molar-refractivity contribution in [2.45, 2.75) is 31.7 Å². The van der Waals surface area contributed by atoms with E-state index in [2.05, 4.69) is 22.5 Å². The summed E-state index contributed by atoms with van der Waals surface area (Å²) < 4.78 is 0. The minimum absolute atomic E-state index is 0.0899. The van der Waals surface area contributed by atoms with Gasteiger partial charge in [-0.25, -0.2) is 4.79 Å². The largest absolute Gasteiger partial charge is 0.323 e. The molecule has 0 radical (unpaired) electrons. The number of nitrogens with one attached hydrogen (secondary N) is 2. The molecule has 1 spiro atoms. The first-order valence-corrected chi connectivity index (χ1v) is 6.52. The Morgan fingerprint density at radius 2 is 1.94 bits per heavy atom. The van der Waals surface area contributed by atoms with Crippen molar-refractivity contribution >= 4 is 11.9 Å². The third-order valence-electron chi connectivity index (χ3n) is 4.72. The molecule has 2 bridgehead atoms. The first-order chi connectivity index (χ1) is 8.16. The van der Waals surface area contributed by atoms with E-state index in [9.17, 15) is 9.59 Å². The molecule has 17 heavy (non-hydrogen) atoms. The number of amides is 3. The number of urea groups is 1. The van der Waals surface area contributed by atoms with E-state index in [0.29, 0.717) is 0 Å². The molecule has 0 aromatic rings. The fraction of sp³-hybridized carbons (Fsp3) is 0.833. The molecule has 5 nitrogen and oxygen atoms in total. The monoisotopic (exact) mass is 237 g/mol. The van der Waals surface area contributed by atoms with Gasteiger partial charge in [0.1, 0.15) is 5.54 Å². The van der Waals surface area contributed by atoms with Crippen LogP contribution in [0.25, 0.3) is 0 Å². The van der Waals surface area contributed by atoms with E-state index in [-0.39, 0.29) is 23.8 Å². The molecule has 2 N–H and O–H groups in total. The molecule has 1 saturated carbocycles. The van der Waals surface area contributed by atoms with Gasteiger partial charge in [-0.1, -0.05) is 13.3 Å². The van der Waals surface area contributed by atoms with Crippen LogP contribution in [0.3, 0.4) is 0 Å². The molecule has 5 heteroatoms. The average Bonchev–Trinajstić information content (AvgIpc) is 2.54. The lowest BCUT2D eigenvalue weighted by Gasteiger charge is -2.52. The summed E-state index contributed by atoms with van der Waals surface area (Å²) in [4.78, 5) is 26.0. The number of nitrogens with zero attached hydrogens (tertiary/aromatic N) is 1. The minimum Gasteiger partial charge on any atom is -0.323 e. The summed E-state index contributed by atoms with van der Waals surface area (Å²) >= 11 is 0. The summed E-state index contributed by atoms with van der Waals surface area (Å²) in [6.45, 7) is 5.04. The van der Waals surface area contributed by atoms with Gasteiger partial charge in [0.15, 0.2) is 0 Å². The van der Waals surface area contributed by atoms with E-state index in [4.69, 9.17) is 0 Å². The number of hydrogen-bond donors (Lipinski definition) is 2. The van der Waals surface area contributed by atoms with E-state index in [1.165, 1.54) is 6.42 Å². The summed E-state index contributed by atoms with van der Waals surface area (Å²) in [6.07, 6.45) is 3.26. The van der Waals surface area contributed by atoms with Gasteiger partial charge in [-0.2, -0.15) is 0 Å². The van der Waals surface area contributed by atoms with E-state index in [1.807, 2.05) is 0 Å². The molecule has 0 aromatic heterocycles. The molecule has 3 rings (SSSR count). The molecule has 2 heterocycles. The summed E-state index contributed by atoms with van der Waals surface area (Å²) in [5, 5.41) is 5.37. The van der Waals surface area contributed by atoms with Gasteiger partial charge < -0.3 is 10.2 Å². The second-order valence-electron chi connectivity index (χ2n) is 5.45. The topological polar surface area (TPSA) is 61.4 Å². The Morgan fingerprint density at radius 1 is 1.29 bits per heavy atom. The molecule has 3 aliphatic rings. The zero-order chi connectivity index (χ0) is 12.0. The third-order valence-corrected chi connectivity index (χ3v) is 4.72. The van der Waals surface area contributed by atoms with Crippen molar-refractivity contribution in [2.24, 2.45) is 11.8 Å². The van der Waals surface area contributed by atoms with Gasteiger partial charge in [0.05, 0.1) is 0 Å². The van der Waals surface area contributed by atoms with Crippen molar-refractivity contribution in [1.82, 2.24) is 15.5 Å². The van der Waals surface area contributed by atoms with E-state index >= 15 is 0 Å². The maximum atomic E-state index is 12.2. The zero-order valence-electron chi connectivity index (χ0n) is 10.2. The van der Waals surface area contributed by atoms with Crippen LogP contribution in [0, 0.1) is 11.8 Å². The Labute approximate surface area is 101 Å².